The molecule has 0 aliphatic carbocycles. The van der Waals surface area contributed by atoms with Crippen LogP contribution in [-0.2, 0) is 11.2 Å². The zero-order valence-electron chi connectivity index (χ0n) is 19.1. The number of nitrogens with zero attached hydrogens (tertiary/aromatic N) is 1. The zero-order valence-corrected chi connectivity index (χ0v) is 19.1. The van der Waals surface area contributed by atoms with Gasteiger partial charge >= 0.3 is 18.3 Å². The Morgan fingerprint density at radius 2 is 1.41 bits per heavy atom. The third-order valence-electron chi connectivity index (χ3n) is 5.73. The first-order valence-corrected chi connectivity index (χ1v) is 10.9. The van der Waals surface area contributed by atoms with Crippen LogP contribution in [0, 0.1) is 0 Å². The first-order valence-electron chi connectivity index (χ1n) is 10.9. The lowest BCUT2D eigenvalue weighted by molar-refractivity contribution is -0.154. The summed E-state index contributed by atoms with van der Waals surface area (Å²) in [6.07, 6.45) is -9.74. The van der Waals surface area contributed by atoms with E-state index in [1.54, 1.807) is 0 Å². The van der Waals surface area contributed by atoms with Crippen molar-refractivity contribution in [2.75, 3.05) is 18.1 Å². The van der Waals surface area contributed by atoms with Gasteiger partial charge in [-0.2, -0.15) is 26.3 Å². The number of halogens is 6. The second-order valence-corrected chi connectivity index (χ2v) is 8.39. The summed E-state index contributed by atoms with van der Waals surface area (Å²) in [6, 6.07) is 10.5. The molecule has 1 heterocycles. The summed E-state index contributed by atoms with van der Waals surface area (Å²) in [5.41, 5.74) is 0.319. The third kappa shape index (κ3) is 5.42. The molecule has 1 aliphatic heterocycles. The Balaban J connectivity index is 1.89. The number of anilines is 1. The summed E-state index contributed by atoms with van der Waals surface area (Å²) >= 11 is 0. The average molecular weight is 527 g/mol. The molecule has 0 bridgehead atoms. The molecule has 12 heteroatoms. The summed E-state index contributed by atoms with van der Waals surface area (Å²) in [5.74, 6) is -2.57. The molecule has 6 nitrogen and oxygen atoms in total. The fraction of sp³-hybridized carbons (Fsp3) is 0.280. The summed E-state index contributed by atoms with van der Waals surface area (Å²) in [4.78, 5) is 25.8. The van der Waals surface area contributed by atoms with E-state index in [2.05, 4.69) is 0 Å². The van der Waals surface area contributed by atoms with Crippen molar-refractivity contribution in [3.8, 4) is 11.5 Å². The van der Waals surface area contributed by atoms with E-state index in [1.807, 2.05) is 0 Å². The van der Waals surface area contributed by atoms with Gasteiger partial charge in [-0.3, -0.25) is 9.59 Å². The highest BCUT2D eigenvalue weighted by atomic mass is 19.4. The van der Waals surface area contributed by atoms with E-state index in [1.165, 1.54) is 60.4 Å². The van der Waals surface area contributed by atoms with Crippen molar-refractivity contribution in [1.82, 2.24) is 0 Å². The molecule has 196 valence electrons. The van der Waals surface area contributed by atoms with E-state index < -0.39 is 49.2 Å². The SMILES string of the molecule is C[C@H]1c2c(c(OCC(F)(F)F)c3ccccc3c2OCC(F)(F)F)C(=O)N1c1ccc(CC(=O)O)cc1. The average Bonchev–Trinajstić information content (AvgIpc) is 3.05. The smallest absolute Gasteiger partial charge is 0.422 e. The van der Waals surface area contributed by atoms with Gasteiger partial charge in [0.1, 0.15) is 11.5 Å². The molecule has 3 aromatic rings. The van der Waals surface area contributed by atoms with E-state index in [0.29, 0.717) is 5.56 Å². The Morgan fingerprint density at radius 1 is 0.892 bits per heavy atom. The second kappa shape index (κ2) is 9.49. The van der Waals surface area contributed by atoms with Crippen LogP contribution in [0.25, 0.3) is 10.8 Å². The lowest BCUT2D eigenvalue weighted by atomic mass is 9.96. The number of hydrogen-bond donors (Lipinski definition) is 1. The first kappa shape index (κ1) is 26.1. The number of amides is 1. The molecule has 1 amide bonds. The van der Waals surface area contributed by atoms with Crippen LogP contribution < -0.4 is 14.4 Å². The highest BCUT2D eigenvalue weighted by Crippen LogP contribution is 2.51. The van der Waals surface area contributed by atoms with E-state index in [9.17, 15) is 35.9 Å². The maximum atomic E-state index is 13.6. The number of carboxylic acids is 1. The van der Waals surface area contributed by atoms with E-state index in [0.717, 1.165) is 0 Å². The summed E-state index contributed by atoms with van der Waals surface area (Å²) < 4.78 is 88.6. The molecule has 3 aromatic carbocycles. The van der Waals surface area contributed by atoms with Crippen molar-refractivity contribution in [1.29, 1.82) is 0 Å². The van der Waals surface area contributed by atoms with Gasteiger partial charge < -0.3 is 19.5 Å². The number of benzene rings is 3. The van der Waals surface area contributed by atoms with Gasteiger partial charge in [0, 0.05) is 22.0 Å². The number of alkyl halides is 6. The van der Waals surface area contributed by atoms with Gasteiger partial charge in [-0.25, -0.2) is 0 Å². The van der Waals surface area contributed by atoms with Gasteiger partial charge in [-0.15, -0.1) is 0 Å². The van der Waals surface area contributed by atoms with E-state index in [4.69, 9.17) is 14.6 Å². The zero-order chi connectivity index (χ0) is 27.1. The van der Waals surface area contributed by atoms with Crippen molar-refractivity contribution in [3.05, 3.63) is 65.2 Å². The van der Waals surface area contributed by atoms with E-state index >= 15 is 0 Å². The standard InChI is InChI=1S/C25H19F6NO5/c1-13-19-20(23(35)32(13)15-8-6-14(7-9-15)10-18(33)34)22(37-12-25(29,30)31)17-5-3-2-4-16(17)21(19)36-11-24(26,27)28/h2-9,13H,10-12H2,1H3,(H,33,34)/t13-/m0/s1. The molecule has 1 N–H and O–H groups in total. The number of carbonyl (C=O) groups excluding carboxylic acids is 1. The van der Waals surface area contributed by atoms with Crippen LogP contribution in [0.1, 0.15) is 34.5 Å². The molecule has 37 heavy (non-hydrogen) atoms. The largest absolute Gasteiger partial charge is 0.483 e. The molecule has 0 radical (unpaired) electrons. The van der Waals surface area contributed by atoms with Crippen LogP contribution in [-0.4, -0.2) is 42.5 Å². The number of rotatable bonds is 7. The number of carbonyl (C=O) groups is 2. The molecule has 0 saturated carbocycles. The number of aliphatic carboxylic acids is 1. The van der Waals surface area contributed by atoms with Crippen LogP contribution in [0.3, 0.4) is 0 Å². The fourth-order valence-corrected chi connectivity index (χ4v) is 4.33. The minimum atomic E-state index is -4.74. The Labute approximate surface area is 206 Å². The summed E-state index contributed by atoms with van der Waals surface area (Å²) in [7, 11) is 0. The van der Waals surface area contributed by atoms with Gasteiger partial charge in [0.25, 0.3) is 5.91 Å². The highest BCUT2D eigenvalue weighted by molar-refractivity contribution is 6.17. The van der Waals surface area contributed by atoms with Crippen molar-refractivity contribution in [3.63, 3.8) is 0 Å². The Bertz CT molecular complexity index is 1350. The van der Waals surface area contributed by atoms with Crippen LogP contribution in [0.2, 0.25) is 0 Å². The predicted octanol–water partition coefficient (Wildman–Crippen LogP) is 6.07. The summed E-state index contributed by atoms with van der Waals surface area (Å²) in [6.45, 7) is -1.91. The van der Waals surface area contributed by atoms with Crippen LogP contribution >= 0.6 is 0 Å². The Hall–Kier alpha value is -3.96. The maximum Gasteiger partial charge on any atom is 0.422 e. The predicted molar refractivity (Wildman–Crippen MR) is 120 cm³/mol. The van der Waals surface area contributed by atoms with Gasteiger partial charge in [0.05, 0.1) is 18.0 Å². The second-order valence-electron chi connectivity index (χ2n) is 8.39. The van der Waals surface area contributed by atoms with Gasteiger partial charge in [-0.1, -0.05) is 36.4 Å². The van der Waals surface area contributed by atoms with Crippen LogP contribution in [0.4, 0.5) is 32.0 Å². The monoisotopic (exact) mass is 527 g/mol. The van der Waals surface area contributed by atoms with Gasteiger partial charge in [0.2, 0.25) is 0 Å². The highest BCUT2D eigenvalue weighted by Gasteiger charge is 2.43. The quantitative estimate of drug-likeness (QED) is 0.378. The summed E-state index contributed by atoms with van der Waals surface area (Å²) in [5, 5.41) is 9.01. The molecule has 1 aliphatic rings. The number of hydrogen-bond acceptors (Lipinski definition) is 4. The lowest BCUT2D eigenvalue weighted by Gasteiger charge is -2.23. The van der Waals surface area contributed by atoms with Crippen molar-refractivity contribution >= 4 is 28.3 Å². The molecular weight excluding hydrogens is 508 g/mol. The van der Waals surface area contributed by atoms with Crippen molar-refractivity contribution < 1.29 is 50.5 Å². The van der Waals surface area contributed by atoms with Gasteiger partial charge in [0.15, 0.2) is 13.2 Å². The molecule has 0 spiro atoms. The number of ether oxygens (including phenoxy) is 2. The van der Waals surface area contributed by atoms with E-state index in [-0.39, 0.29) is 39.8 Å². The maximum absolute atomic E-state index is 13.6. The fourth-order valence-electron chi connectivity index (χ4n) is 4.33. The molecule has 0 aromatic heterocycles. The number of fused-ring (bicyclic) bond motifs is 2. The Kier molecular flexibility index (Phi) is 6.70. The third-order valence-corrected chi connectivity index (χ3v) is 5.73. The molecule has 1 atom stereocenters. The van der Waals surface area contributed by atoms with Crippen molar-refractivity contribution in [2.24, 2.45) is 0 Å². The van der Waals surface area contributed by atoms with Crippen molar-refractivity contribution in [2.45, 2.75) is 31.7 Å². The molecule has 0 saturated heterocycles. The molecular formula is C25H19F6NO5. The molecule has 4 rings (SSSR count). The molecule has 0 fully saturated rings. The van der Waals surface area contributed by atoms with Crippen LogP contribution in [0.5, 0.6) is 11.5 Å². The Morgan fingerprint density at radius 3 is 1.92 bits per heavy atom. The minimum Gasteiger partial charge on any atom is -0.483 e. The van der Waals surface area contributed by atoms with Gasteiger partial charge in [-0.05, 0) is 24.6 Å². The first-order chi connectivity index (χ1) is 17.3. The minimum absolute atomic E-state index is 0.0121. The topological polar surface area (TPSA) is 76.1 Å². The number of carboxylic acid groups (broad SMARTS) is 1. The van der Waals surface area contributed by atoms with Crippen LogP contribution in [0.15, 0.2) is 48.5 Å². The normalized spacial score (nSPS) is 15.7. The lowest BCUT2D eigenvalue weighted by Crippen LogP contribution is -2.26. The molecule has 0 unspecified atom stereocenters.